The molecule has 1 heterocycles. The zero-order valence-corrected chi connectivity index (χ0v) is 6.81. The number of carbonyl (C=O) groups is 1. The molecule has 1 unspecified atom stereocenters. The largest absolute Gasteiger partial charge is 0.356 e. The third-order valence-electron chi connectivity index (χ3n) is 1.28. The smallest absolute Gasteiger partial charge is 0.221 e. The van der Waals surface area contributed by atoms with Crippen LogP contribution in [0.4, 0.5) is 0 Å². The normalized spacial score (nSPS) is 26.3. The van der Waals surface area contributed by atoms with Crippen molar-refractivity contribution in [2.24, 2.45) is 5.73 Å². The Hall–Kier alpha value is -0.0900. The Morgan fingerprint density at radius 1 is 1.67 bits per heavy atom. The quantitative estimate of drug-likeness (QED) is 0.562. The molecule has 0 aliphatic carbocycles. The minimum atomic E-state index is 0. The first kappa shape index (κ1) is 8.91. The van der Waals surface area contributed by atoms with E-state index in [0.717, 1.165) is 13.0 Å². The number of carbonyl (C=O) groups excluding carboxylic acids is 1. The lowest BCUT2D eigenvalue weighted by Crippen LogP contribution is -2.40. The molecular weight excluding hydrogens is 184 g/mol. The van der Waals surface area contributed by atoms with Crippen LogP contribution in [-0.2, 0) is 4.79 Å². The van der Waals surface area contributed by atoms with Crippen molar-refractivity contribution in [3.63, 3.8) is 0 Å². The summed E-state index contributed by atoms with van der Waals surface area (Å²) in [7, 11) is 0. The third kappa shape index (κ3) is 2.81. The lowest BCUT2D eigenvalue weighted by Gasteiger charge is -2.16. The van der Waals surface area contributed by atoms with E-state index in [2.05, 4.69) is 5.32 Å². The highest BCUT2D eigenvalue weighted by atomic mass is 79.9. The molecule has 0 aromatic heterocycles. The fourth-order valence-electron chi connectivity index (χ4n) is 0.809. The van der Waals surface area contributed by atoms with Gasteiger partial charge in [-0.15, -0.1) is 17.0 Å². The molecule has 1 amide bonds. The van der Waals surface area contributed by atoms with Crippen LogP contribution in [0.25, 0.3) is 0 Å². The van der Waals surface area contributed by atoms with E-state index in [1.165, 1.54) is 0 Å². The van der Waals surface area contributed by atoms with Gasteiger partial charge in [-0.25, -0.2) is 0 Å². The number of hydrogen-bond donors (Lipinski definition) is 2. The maximum Gasteiger partial charge on any atom is 0.221 e. The molecule has 1 saturated heterocycles. The van der Waals surface area contributed by atoms with Crippen molar-refractivity contribution in [2.75, 3.05) is 6.54 Å². The zero-order valence-electron chi connectivity index (χ0n) is 5.09. The van der Waals surface area contributed by atoms with Crippen LogP contribution in [0.1, 0.15) is 12.8 Å². The number of nitrogens with one attached hydrogen (secondary N) is 1. The third-order valence-corrected chi connectivity index (χ3v) is 1.28. The van der Waals surface area contributed by atoms with Crippen LogP contribution in [0, 0.1) is 0 Å². The molecule has 9 heavy (non-hydrogen) atoms. The number of halogens is 1. The van der Waals surface area contributed by atoms with Crippen LogP contribution >= 0.6 is 17.0 Å². The maximum absolute atomic E-state index is 10.5. The summed E-state index contributed by atoms with van der Waals surface area (Å²) in [5.41, 5.74) is 5.46. The van der Waals surface area contributed by atoms with Gasteiger partial charge in [-0.2, -0.15) is 0 Å². The van der Waals surface area contributed by atoms with Crippen LogP contribution in [-0.4, -0.2) is 18.5 Å². The minimum Gasteiger partial charge on any atom is -0.356 e. The van der Waals surface area contributed by atoms with Gasteiger partial charge >= 0.3 is 0 Å². The average molecular weight is 195 g/mol. The summed E-state index contributed by atoms with van der Waals surface area (Å²) in [5.74, 6) is 0.0868. The molecule has 1 rings (SSSR count). The first-order chi connectivity index (χ1) is 3.79. The molecule has 0 radical (unpaired) electrons. The Morgan fingerprint density at radius 3 is 2.67 bits per heavy atom. The highest BCUT2D eigenvalue weighted by molar-refractivity contribution is 8.93. The molecule has 3 nitrogen and oxygen atoms in total. The molecule has 0 spiro atoms. The SMILES string of the molecule is Br.NC1CCNC(=O)C1. The summed E-state index contributed by atoms with van der Waals surface area (Å²) >= 11 is 0. The maximum atomic E-state index is 10.5. The number of nitrogens with two attached hydrogens (primary N) is 1. The van der Waals surface area contributed by atoms with Gasteiger partial charge in [-0.1, -0.05) is 0 Å². The minimum absolute atomic E-state index is 0. The number of hydrogen-bond acceptors (Lipinski definition) is 2. The van der Waals surface area contributed by atoms with E-state index in [0.29, 0.717) is 6.42 Å². The second-order valence-corrected chi connectivity index (χ2v) is 2.10. The summed E-state index contributed by atoms with van der Waals surface area (Å²) in [6.45, 7) is 0.750. The Labute approximate surface area is 64.8 Å². The second kappa shape index (κ2) is 3.85. The van der Waals surface area contributed by atoms with Crippen LogP contribution in [0.3, 0.4) is 0 Å². The summed E-state index contributed by atoms with van der Waals surface area (Å²) in [5, 5.41) is 2.69. The number of amides is 1. The Balaban J connectivity index is 0.000000640. The topological polar surface area (TPSA) is 55.1 Å². The highest BCUT2D eigenvalue weighted by Crippen LogP contribution is 1.98. The van der Waals surface area contributed by atoms with E-state index in [1.807, 2.05) is 0 Å². The highest BCUT2D eigenvalue weighted by Gasteiger charge is 2.13. The summed E-state index contributed by atoms with van der Waals surface area (Å²) in [4.78, 5) is 10.5. The van der Waals surface area contributed by atoms with E-state index < -0.39 is 0 Å². The molecule has 0 bridgehead atoms. The van der Waals surface area contributed by atoms with Gasteiger partial charge in [0.25, 0.3) is 0 Å². The van der Waals surface area contributed by atoms with Crippen molar-refractivity contribution in [3.8, 4) is 0 Å². The van der Waals surface area contributed by atoms with Crippen LogP contribution in [0.2, 0.25) is 0 Å². The summed E-state index contributed by atoms with van der Waals surface area (Å²) < 4.78 is 0. The Morgan fingerprint density at radius 2 is 2.33 bits per heavy atom. The van der Waals surface area contributed by atoms with Gasteiger partial charge in [0.05, 0.1) is 0 Å². The predicted octanol–water partition coefficient (Wildman–Crippen LogP) is -0.198. The Bertz CT molecular complexity index is 107. The van der Waals surface area contributed by atoms with Gasteiger partial charge in [0, 0.05) is 19.0 Å². The Kier molecular flexibility index (Phi) is 3.81. The second-order valence-electron chi connectivity index (χ2n) is 2.10. The number of piperidine rings is 1. The van der Waals surface area contributed by atoms with Crippen LogP contribution < -0.4 is 11.1 Å². The van der Waals surface area contributed by atoms with Crippen molar-refractivity contribution >= 4 is 22.9 Å². The van der Waals surface area contributed by atoms with E-state index in [4.69, 9.17) is 5.73 Å². The summed E-state index contributed by atoms with van der Waals surface area (Å²) in [6.07, 6.45) is 1.42. The fraction of sp³-hybridized carbons (Fsp3) is 0.800. The zero-order chi connectivity index (χ0) is 5.98. The first-order valence-corrected chi connectivity index (χ1v) is 2.81. The fourth-order valence-corrected chi connectivity index (χ4v) is 0.809. The number of rotatable bonds is 0. The van der Waals surface area contributed by atoms with Crippen molar-refractivity contribution < 1.29 is 4.79 Å². The van der Waals surface area contributed by atoms with Gasteiger partial charge in [-0.3, -0.25) is 4.79 Å². The van der Waals surface area contributed by atoms with Gasteiger partial charge in [0.2, 0.25) is 5.91 Å². The molecular formula is C5H11BrN2O. The van der Waals surface area contributed by atoms with Crippen molar-refractivity contribution in [2.45, 2.75) is 18.9 Å². The van der Waals surface area contributed by atoms with Crippen LogP contribution in [0.5, 0.6) is 0 Å². The van der Waals surface area contributed by atoms with Gasteiger partial charge in [0.15, 0.2) is 0 Å². The van der Waals surface area contributed by atoms with E-state index in [1.54, 1.807) is 0 Å². The molecule has 1 aliphatic rings. The molecule has 1 atom stereocenters. The molecule has 1 aliphatic heterocycles. The molecule has 4 heteroatoms. The lowest BCUT2D eigenvalue weighted by atomic mass is 10.1. The summed E-state index contributed by atoms with van der Waals surface area (Å²) in [6, 6.07) is 0.101. The van der Waals surface area contributed by atoms with Crippen molar-refractivity contribution in [3.05, 3.63) is 0 Å². The molecule has 0 aromatic carbocycles. The molecule has 0 aromatic rings. The first-order valence-electron chi connectivity index (χ1n) is 2.81. The monoisotopic (exact) mass is 194 g/mol. The molecule has 0 saturated carbocycles. The van der Waals surface area contributed by atoms with Crippen molar-refractivity contribution in [1.29, 1.82) is 0 Å². The average Bonchev–Trinajstić information content (AvgIpc) is 1.64. The van der Waals surface area contributed by atoms with Gasteiger partial charge in [0.1, 0.15) is 0 Å². The lowest BCUT2D eigenvalue weighted by molar-refractivity contribution is -0.122. The van der Waals surface area contributed by atoms with Gasteiger partial charge < -0.3 is 11.1 Å². The van der Waals surface area contributed by atoms with Crippen LogP contribution in [0.15, 0.2) is 0 Å². The molecule has 54 valence electrons. The predicted molar refractivity (Wildman–Crippen MR) is 40.5 cm³/mol. The van der Waals surface area contributed by atoms with Gasteiger partial charge in [-0.05, 0) is 6.42 Å². The van der Waals surface area contributed by atoms with Crippen molar-refractivity contribution in [1.82, 2.24) is 5.32 Å². The molecule has 3 N–H and O–H groups in total. The van der Waals surface area contributed by atoms with E-state index >= 15 is 0 Å². The standard InChI is InChI=1S/C5H10N2O.BrH/c6-4-1-2-7-5(8)3-4;/h4H,1-3,6H2,(H,7,8);1H. The van der Waals surface area contributed by atoms with E-state index in [9.17, 15) is 4.79 Å². The molecule has 1 fully saturated rings. The van der Waals surface area contributed by atoms with E-state index in [-0.39, 0.29) is 28.9 Å².